The summed E-state index contributed by atoms with van der Waals surface area (Å²) in [6.07, 6.45) is 8.48. The van der Waals surface area contributed by atoms with Crippen LogP contribution in [0.1, 0.15) is 66.1 Å². The molecule has 2 aromatic carbocycles. The van der Waals surface area contributed by atoms with Crippen molar-refractivity contribution in [3.8, 4) is 16.9 Å². The largest absolute Gasteiger partial charge is 0.490 e. The summed E-state index contributed by atoms with van der Waals surface area (Å²) < 4.78 is 6.22. The van der Waals surface area contributed by atoms with E-state index in [0.717, 1.165) is 55.3 Å². The Morgan fingerprint density at radius 1 is 1.00 bits per heavy atom. The molecular formula is C29H37Cl2N3O4. The van der Waals surface area contributed by atoms with Crippen molar-refractivity contribution in [2.45, 2.75) is 57.2 Å². The van der Waals surface area contributed by atoms with Crippen molar-refractivity contribution in [3.05, 3.63) is 77.5 Å². The first-order valence-corrected chi connectivity index (χ1v) is 12.7. The van der Waals surface area contributed by atoms with Gasteiger partial charge in [0.15, 0.2) is 0 Å². The second-order valence-electron chi connectivity index (χ2n) is 9.43. The standard InChI is InChI=1S/C29H35N3O4.2ClH/c30-28-14-12-23(18-32-28)26(33)19-31-16-15-20-7-9-21(10-8-20)22-11-13-25(29(34)35)27(17-22)36-24-5-3-1-2-4-6-24;;/h7-14,17-18,24,26,31,33H,1-6,15-16,19H2,(H2,30,32)(H,34,35);2*1H/t26-;;/m1../s1. The number of aliphatic hydroxyl groups excluding tert-OH is 1. The van der Waals surface area contributed by atoms with Gasteiger partial charge in [0.25, 0.3) is 0 Å². The monoisotopic (exact) mass is 561 g/mol. The van der Waals surface area contributed by atoms with Crippen LogP contribution in [0, 0.1) is 0 Å². The van der Waals surface area contributed by atoms with E-state index >= 15 is 0 Å². The average molecular weight is 563 g/mol. The molecule has 9 heteroatoms. The van der Waals surface area contributed by atoms with Crippen LogP contribution in [-0.2, 0) is 6.42 Å². The van der Waals surface area contributed by atoms with Crippen LogP contribution in [0.15, 0.2) is 60.8 Å². The highest BCUT2D eigenvalue weighted by Gasteiger charge is 2.19. The second-order valence-corrected chi connectivity index (χ2v) is 9.43. The zero-order valence-corrected chi connectivity index (χ0v) is 23.0. The normalized spacial score (nSPS) is 14.4. The molecule has 7 nitrogen and oxygen atoms in total. The Morgan fingerprint density at radius 2 is 1.68 bits per heavy atom. The fraction of sp³-hybridized carbons (Fsp3) is 0.379. The average Bonchev–Trinajstić information content (AvgIpc) is 3.16. The fourth-order valence-corrected chi connectivity index (χ4v) is 4.58. The number of halogens is 2. The van der Waals surface area contributed by atoms with Gasteiger partial charge in [-0.1, -0.05) is 49.2 Å². The maximum atomic E-state index is 11.8. The van der Waals surface area contributed by atoms with E-state index < -0.39 is 12.1 Å². The van der Waals surface area contributed by atoms with Crippen molar-refractivity contribution in [1.29, 1.82) is 0 Å². The second kappa shape index (κ2) is 15.5. The van der Waals surface area contributed by atoms with Crippen LogP contribution in [0.5, 0.6) is 5.75 Å². The fourth-order valence-electron chi connectivity index (χ4n) is 4.58. The smallest absolute Gasteiger partial charge is 0.339 e. The summed E-state index contributed by atoms with van der Waals surface area (Å²) in [7, 11) is 0. The van der Waals surface area contributed by atoms with Gasteiger partial charge < -0.3 is 26.0 Å². The molecule has 0 bridgehead atoms. The van der Waals surface area contributed by atoms with Crippen molar-refractivity contribution in [1.82, 2.24) is 10.3 Å². The van der Waals surface area contributed by atoms with E-state index in [9.17, 15) is 15.0 Å². The number of nitrogens with zero attached hydrogens (tertiary/aromatic N) is 1. The van der Waals surface area contributed by atoms with E-state index in [1.165, 1.54) is 18.4 Å². The molecule has 1 aliphatic carbocycles. The predicted molar refractivity (Wildman–Crippen MR) is 156 cm³/mol. The molecule has 0 spiro atoms. The van der Waals surface area contributed by atoms with Crippen molar-refractivity contribution < 1.29 is 19.7 Å². The van der Waals surface area contributed by atoms with Crippen LogP contribution in [0.25, 0.3) is 11.1 Å². The lowest BCUT2D eigenvalue weighted by Crippen LogP contribution is -2.23. The molecular weight excluding hydrogens is 525 g/mol. The van der Waals surface area contributed by atoms with Gasteiger partial charge in [0.1, 0.15) is 17.1 Å². The molecule has 0 aliphatic heterocycles. The molecule has 0 saturated heterocycles. The van der Waals surface area contributed by atoms with Gasteiger partial charge in [-0.05, 0) is 73.5 Å². The molecule has 3 aromatic rings. The minimum Gasteiger partial charge on any atom is -0.490 e. The molecule has 38 heavy (non-hydrogen) atoms. The lowest BCUT2D eigenvalue weighted by atomic mass is 10.0. The number of benzene rings is 2. The number of rotatable bonds is 10. The van der Waals surface area contributed by atoms with Crippen molar-refractivity contribution >= 4 is 36.6 Å². The van der Waals surface area contributed by atoms with Gasteiger partial charge in [-0.25, -0.2) is 9.78 Å². The molecule has 0 amide bonds. The summed E-state index contributed by atoms with van der Waals surface area (Å²) in [6.45, 7) is 1.16. The van der Waals surface area contributed by atoms with E-state index in [4.69, 9.17) is 10.5 Å². The lowest BCUT2D eigenvalue weighted by Gasteiger charge is -2.19. The third-order valence-corrected chi connectivity index (χ3v) is 6.72. The molecule has 1 saturated carbocycles. The number of anilines is 1. The van der Waals surface area contributed by atoms with Crippen LogP contribution in [0.2, 0.25) is 0 Å². The summed E-state index contributed by atoms with van der Waals surface area (Å²) in [4.78, 5) is 15.8. The molecule has 206 valence electrons. The number of carboxylic acids is 1. The van der Waals surface area contributed by atoms with Gasteiger partial charge >= 0.3 is 5.97 Å². The Morgan fingerprint density at radius 3 is 2.32 bits per heavy atom. The molecule has 0 radical (unpaired) electrons. The number of carboxylic acid groups (broad SMARTS) is 1. The van der Waals surface area contributed by atoms with E-state index in [-0.39, 0.29) is 36.5 Å². The summed E-state index contributed by atoms with van der Waals surface area (Å²) in [5, 5.41) is 23.2. The number of hydrogen-bond donors (Lipinski definition) is 4. The highest BCUT2D eigenvalue weighted by atomic mass is 35.5. The van der Waals surface area contributed by atoms with Gasteiger partial charge in [0.05, 0.1) is 12.2 Å². The van der Waals surface area contributed by atoms with Crippen molar-refractivity contribution in [2.24, 2.45) is 0 Å². The number of aliphatic hydroxyl groups is 1. The SMILES string of the molecule is Cl.Cl.Nc1ccc([C@H](O)CNCCc2ccc(-c3ccc(C(=O)O)c(OC4CCCCCC4)c3)cc2)cn1. The van der Waals surface area contributed by atoms with E-state index in [1.54, 1.807) is 24.4 Å². The Bertz CT molecular complexity index is 1140. The minimum atomic E-state index is -0.967. The third-order valence-electron chi connectivity index (χ3n) is 6.72. The first-order chi connectivity index (χ1) is 17.5. The van der Waals surface area contributed by atoms with Crippen LogP contribution in [0.4, 0.5) is 5.82 Å². The number of carbonyl (C=O) groups is 1. The van der Waals surface area contributed by atoms with Crippen LogP contribution < -0.4 is 15.8 Å². The summed E-state index contributed by atoms with van der Waals surface area (Å²) in [5.41, 5.74) is 9.66. The Balaban J connectivity index is 0.00000253. The Labute approximate surface area is 236 Å². The first-order valence-electron chi connectivity index (χ1n) is 12.7. The van der Waals surface area contributed by atoms with Gasteiger partial charge in [-0.15, -0.1) is 24.8 Å². The number of pyridine rings is 1. The number of ether oxygens (including phenoxy) is 1. The summed E-state index contributed by atoms with van der Waals surface area (Å²) in [6, 6.07) is 17.1. The number of aromatic carboxylic acids is 1. The quantitative estimate of drug-likeness (QED) is 0.181. The molecule has 5 N–H and O–H groups in total. The summed E-state index contributed by atoms with van der Waals surface area (Å²) >= 11 is 0. The van der Waals surface area contributed by atoms with Gasteiger partial charge in [0, 0.05) is 18.3 Å². The molecule has 1 heterocycles. The number of hydrogen-bond acceptors (Lipinski definition) is 6. The van der Waals surface area contributed by atoms with Crippen LogP contribution in [-0.4, -0.2) is 40.4 Å². The molecule has 1 aliphatic rings. The zero-order valence-electron chi connectivity index (χ0n) is 21.3. The number of nitrogens with two attached hydrogens (primary N) is 1. The molecule has 1 fully saturated rings. The third kappa shape index (κ3) is 8.88. The van der Waals surface area contributed by atoms with Crippen molar-refractivity contribution in [2.75, 3.05) is 18.8 Å². The maximum Gasteiger partial charge on any atom is 0.339 e. The lowest BCUT2D eigenvalue weighted by molar-refractivity contribution is 0.0688. The topological polar surface area (TPSA) is 118 Å². The Kier molecular flexibility index (Phi) is 12.8. The van der Waals surface area contributed by atoms with E-state index in [0.29, 0.717) is 18.1 Å². The highest BCUT2D eigenvalue weighted by Crippen LogP contribution is 2.31. The molecule has 1 atom stereocenters. The predicted octanol–water partition coefficient (Wildman–Crippen LogP) is 5.84. The van der Waals surface area contributed by atoms with E-state index in [2.05, 4.69) is 34.6 Å². The molecule has 1 aromatic heterocycles. The van der Waals surface area contributed by atoms with Crippen LogP contribution in [0.3, 0.4) is 0 Å². The van der Waals surface area contributed by atoms with Gasteiger partial charge in [0.2, 0.25) is 0 Å². The maximum absolute atomic E-state index is 11.8. The number of nitrogen functional groups attached to an aromatic ring is 1. The van der Waals surface area contributed by atoms with Crippen molar-refractivity contribution in [3.63, 3.8) is 0 Å². The van der Waals surface area contributed by atoms with Gasteiger partial charge in [-0.3, -0.25) is 0 Å². The molecule has 4 rings (SSSR count). The molecule has 0 unspecified atom stereocenters. The number of nitrogens with one attached hydrogen (secondary N) is 1. The summed E-state index contributed by atoms with van der Waals surface area (Å²) in [5.74, 6) is -0.0793. The minimum absolute atomic E-state index is 0. The highest BCUT2D eigenvalue weighted by molar-refractivity contribution is 5.92. The van der Waals surface area contributed by atoms with Gasteiger partial charge in [-0.2, -0.15) is 0 Å². The van der Waals surface area contributed by atoms with Crippen LogP contribution >= 0.6 is 24.8 Å². The van der Waals surface area contributed by atoms with E-state index in [1.807, 2.05) is 12.1 Å². The zero-order chi connectivity index (χ0) is 25.3. The Hall–Kier alpha value is -2.84. The number of aromatic nitrogens is 1. The first kappa shape index (κ1) is 31.4.